The van der Waals surface area contributed by atoms with E-state index in [9.17, 15) is 23.2 Å². The van der Waals surface area contributed by atoms with Crippen LogP contribution in [0.2, 0.25) is 0 Å². The van der Waals surface area contributed by atoms with Crippen LogP contribution >= 0.6 is 12.4 Å². The number of nitrogens with zero attached hydrogens (tertiary/aromatic N) is 3. The van der Waals surface area contributed by atoms with Gasteiger partial charge in [0.25, 0.3) is 5.91 Å². The van der Waals surface area contributed by atoms with Gasteiger partial charge < -0.3 is 20.3 Å². The Morgan fingerprint density at radius 1 is 1.09 bits per heavy atom. The van der Waals surface area contributed by atoms with Gasteiger partial charge in [-0.1, -0.05) is 13.3 Å². The van der Waals surface area contributed by atoms with E-state index in [4.69, 9.17) is 10.5 Å². The van der Waals surface area contributed by atoms with E-state index < -0.39 is 26.7 Å². The van der Waals surface area contributed by atoms with Gasteiger partial charge in [0.2, 0.25) is 10.0 Å². The molecule has 0 radical (unpaired) electrons. The third kappa shape index (κ3) is 5.68. The fraction of sp³-hybridized carbons (Fsp3) is 0.619. The maximum Gasteiger partial charge on any atom is 0.314 e. The SMILES string of the molecule is CCCCOc1ccc(N2CCN(S(=O)(=O)C3(C(=O)NO)CCN(C(N)=O)CC3)CC2)cc1.Cl. The topological polar surface area (TPSA) is 146 Å². The van der Waals surface area contributed by atoms with Crippen LogP contribution in [0.3, 0.4) is 0 Å². The molecule has 0 bridgehead atoms. The van der Waals surface area contributed by atoms with Crippen LogP contribution in [0.5, 0.6) is 5.75 Å². The van der Waals surface area contributed by atoms with Crippen LogP contribution < -0.4 is 20.9 Å². The fourth-order valence-corrected chi connectivity index (χ4v) is 6.43. The molecule has 2 heterocycles. The van der Waals surface area contributed by atoms with Crippen molar-refractivity contribution < 1.29 is 28.0 Å². The number of halogens is 1. The van der Waals surface area contributed by atoms with Crippen molar-refractivity contribution in [2.45, 2.75) is 37.4 Å². The quantitative estimate of drug-likeness (QED) is 0.265. The number of carbonyl (C=O) groups is 2. The molecule has 0 spiro atoms. The highest BCUT2D eigenvalue weighted by Gasteiger charge is 2.55. The molecule has 1 aromatic rings. The van der Waals surface area contributed by atoms with Crippen molar-refractivity contribution in [3.8, 4) is 5.75 Å². The van der Waals surface area contributed by atoms with E-state index in [-0.39, 0.29) is 51.4 Å². The summed E-state index contributed by atoms with van der Waals surface area (Å²) in [5, 5.41) is 9.26. The Labute approximate surface area is 206 Å². The Kier molecular flexibility index (Phi) is 9.80. The van der Waals surface area contributed by atoms with E-state index in [0.717, 1.165) is 24.3 Å². The van der Waals surface area contributed by atoms with Crippen LogP contribution in [-0.4, -0.2) is 85.4 Å². The highest BCUT2D eigenvalue weighted by molar-refractivity contribution is 7.91. The van der Waals surface area contributed by atoms with E-state index >= 15 is 0 Å². The van der Waals surface area contributed by atoms with Crippen molar-refractivity contribution in [3.63, 3.8) is 0 Å². The van der Waals surface area contributed by atoms with Gasteiger partial charge in [-0.3, -0.25) is 10.0 Å². The minimum Gasteiger partial charge on any atom is -0.494 e. The minimum absolute atomic E-state index is 0. The summed E-state index contributed by atoms with van der Waals surface area (Å²) in [6, 6.07) is 7.04. The van der Waals surface area contributed by atoms with Crippen LogP contribution in [0, 0.1) is 0 Å². The van der Waals surface area contributed by atoms with Gasteiger partial charge in [0.05, 0.1) is 6.61 Å². The number of anilines is 1. The first kappa shape index (κ1) is 28.0. The molecule has 0 aromatic heterocycles. The summed E-state index contributed by atoms with van der Waals surface area (Å²) in [6.45, 7) is 4.15. The molecule has 0 saturated carbocycles. The first-order chi connectivity index (χ1) is 15.7. The summed E-state index contributed by atoms with van der Waals surface area (Å²) >= 11 is 0. The highest BCUT2D eigenvalue weighted by atomic mass is 35.5. The molecule has 0 aliphatic carbocycles. The lowest BCUT2D eigenvalue weighted by Gasteiger charge is -2.43. The Morgan fingerprint density at radius 2 is 1.68 bits per heavy atom. The largest absolute Gasteiger partial charge is 0.494 e. The van der Waals surface area contributed by atoms with E-state index in [0.29, 0.717) is 19.7 Å². The zero-order valence-corrected chi connectivity index (χ0v) is 20.9. The maximum atomic E-state index is 13.5. The standard InChI is InChI=1S/C21H33N5O6S.ClH/c1-2-3-16-32-18-6-4-17(5-7-18)24-12-14-26(15-13-24)33(30,31)21(19(27)23-29)8-10-25(11-9-21)20(22)28;/h4-7,29H,2-3,8-16H2,1H3,(H2,22,28)(H,23,27);1H. The summed E-state index contributed by atoms with van der Waals surface area (Å²) in [4.78, 5) is 27.4. The van der Waals surface area contributed by atoms with Crippen LogP contribution in [0.25, 0.3) is 0 Å². The third-order valence-corrected chi connectivity index (χ3v) is 9.07. The Bertz CT molecular complexity index is 929. The van der Waals surface area contributed by atoms with Crippen molar-refractivity contribution in [2.75, 3.05) is 50.8 Å². The fourth-order valence-electron chi connectivity index (χ4n) is 4.31. The number of hydrogen-bond acceptors (Lipinski definition) is 7. The molecular formula is C21H34ClN5O6S. The second-order valence-corrected chi connectivity index (χ2v) is 10.6. The van der Waals surface area contributed by atoms with Crippen LogP contribution in [0.15, 0.2) is 24.3 Å². The van der Waals surface area contributed by atoms with Crippen molar-refractivity contribution in [3.05, 3.63) is 24.3 Å². The lowest BCUT2D eigenvalue weighted by Crippen LogP contribution is -2.64. The number of piperazine rings is 1. The van der Waals surface area contributed by atoms with Gasteiger partial charge in [-0.05, 0) is 43.5 Å². The van der Waals surface area contributed by atoms with Crippen LogP contribution in [-0.2, 0) is 14.8 Å². The first-order valence-electron chi connectivity index (χ1n) is 11.2. The van der Waals surface area contributed by atoms with E-state index in [1.807, 2.05) is 24.3 Å². The molecule has 2 aliphatic rings. The number of nitrogens with one attached hydrogen (secondary N) is 1. The number of hydrogen-bond donors (Lipinski definition) is 3. The molecule has 0 unspecified atom stereocenters. The molecule has 13 heteroatoms. The molecule has 0 atom stereocenters. The van der Waals surface area contributed by atoms with Crippen LogP contribution in [0.4, 0.5) is 10.5 Å². The number of sulfonamides is 1. The number of likely N-dealkylation sites (tertiary alicyclic amines) is 1. The van der Waals surface area contributed by atoms with E-state index in [1.165, 1.54) is 14.7 Å². The van der Waals surface area contributed by atoms with E-state index in [2.05, 4.69) is 11.8 Å². The molecule has 1 aromatic carbocycles. The van der Waals surface area contributed by atoms with Crippen LogP contribution in [0.1, 0.15) is 32.6 Å². The molecule has 3 rings (SSSR count). The number of unbranched alkanes of at least 4 members (excludes halogenated alkanes) is 1. The minimum atomic E-state index is -4.10. The number of hydroxylamine groups is 1. The van der Waals surface area contributed by atoms with Gasteiger partial charge in [-0.2, -0.15) is 4.31 Å². The number of amides is 3. The van der Waals surface area contributed by atoms with Crippen molar-refractivity contribution in [1.82, 2.24) is 14.7 Å². The normalized spacial score (nSPS) is 18.6. The molecular weight excluding hydrogens is 486 g/mol. The number of nitrogens with two attached hydrogens (primary N) is 1. The smallest absolute Gasteiger partial charge is 0.314 e. The Hall–Kier alpha value is -2.28. The molecule has 2 fully saturated rings. The van der Waals surface area contributed by atoms with Gasteiger partial charge in [0, 0.05) is 45.0 Å². The molecule has 3 amide bonds. The number of primary amides is 1. The second kappa shape index (κ2) is 11.9. The molecule has 2 saturated heterocycles. The summed E-state index contributed by atoms with van der Waals surface area (Å²) in [5.74, 6) is -0.180. The number of urea groups is 1. The number of piperidine rings is 1. The second-order valence-electron chi connectivity index (χ2n) is 8.35. The lowest BCUT2D eigenvalue weighted by atomic mass is 9.95. The first-order valence-corrected chi connectivity index (χ1v) is 12.7. The third-order valence-electron chi connectivity index (χ3n) is 6.44. The lowest BCUT2D eigenvalue weighted by molar-refractivity contribution is -0.133. The summed E-state index contributed by atoms with van der Waals surface area (Å²) in [6.07, 6.45) is 1.79. The molecule has 192 valence electrons. The van der Waals surface area contributed by atoms with Gasteiger partial charge in [-0.15, -0.1) is 12.4 Å². The molecule has 34 heavy (non-hydrogen) atoms. The summed E-state index contributed by atoms with van der Waals surface area (Å²) < 4.78 is 32.2. The number of rotatable bonds is 8. The molecule has 4 N–H and O–H groups in total. The number of carbonyl (C=O) groups excluding carboxylic acids is 2. The van der Waals surface area contributed by atoms with Gasteiger partial charge in [-0.25, -0.2) is 18.7 Å². The predicted molar refractivity (Wildman–Crippen MR) is 130 cm³/mol. The molecule has 11 nitrogen and oxygen atoms in total. The zero-order chi connectivity index (χ0) is 24.1. The molecule has 2 aliphatic heterocycles. The van der Waals surface area contributed by atoms with Crippen molar-refractivity contribution >= 4 is 40.1 Å². The monoisotopic (exact) mass is 519 g/mol. The number of ether oxygens (including phenoxy) is 1. The van der Waals surface area contributed by atoms with Gasteiger partial charge in [0.1, 0.15) is 5.75 Å². The highest BCUT2D eigenvalue weighted by Crippen LogP contribution is 2.34. The number of benzene rings is 1. The summed E-state index contributed by atoms with van der Waals surface area (Å²) in [7, 11) is -4.10. The van der Waals surface area contributed by atoms with Gasteiger partial charge >= 0.3 is 6.03 Å². The van der Waals surface area contributed by atoms with E-state index in [1.54, 1.807) is 0 Å². The average molecular weight is 520 g/mol. The Morgan fingerprint density at radius 3 is 2.18 bits per heavy atom. The summed E-state index contributed by atoms with van der Waals surface area (Å²) in [5.41, 5.74) is 7.78. The average Bonchev–Trinajstić information content (AvgIpc) is 2.84. The van der Waals surface area contributed by atoms with Gasteiger partial charge in [0.15, 0.2) is 4.75 Å². The Balaban J connectivity index is 0.00000408. The predicted octanol–water partition coefficient (Wildman–Crippen LogP) is 1.16. The van der Waals surface area contributed by atoms with Crippen molar-refractivity contribution in [1.29, 1.82) is 0 Å². The zero-order valence-electron chi connectivity index (χ0n) is 19.3. The maximum absolute atomic E-state index is 13.5. The van der Waals surface area contributed by atoms with Crippen molar-refractivity contribution in [2.24, 2.45) is 5.73 Å².